The number of nitrogens with one attached hydrogen (secondary N) is 2. The average molecular weight is 298 g/mol. The average Bonchev–Trinajstić information content (AvgIpc) is 2.35. The highest BCUT2D eigenvalue weighted by Gasteiger charge is 2.15. The van der Waals surface area contributed by atoms with Crippen molar-refractivity contribution in [3.63, 3.8) is 0 Å². The lowest BCUT2D eigenvalue weighted by molar-refractivity contribution is 0.102. The molecule has 1 heterocycles. The molecule has 0 radical (unpaired) electrons. The Bertz CT molecular complexity index is 689. The zero-order valence-electron chi connectivity index (χ0n) is 13.7. The van der Waals surface area contributed by atoms with E-state index in [0.29, 0.717) is 17.3 Å². The van der Waals surface area contributed by atoms with Crippen LogP contribution in [0.5, 0.6) is 0 Å². The second-order valence-corrected chi connectivity index (χ2v) is 6.38. The summed E-state index contributed by atoms with van der Waals surface area (Å²) in [4.78, 5) is 20.9. The maximum Gasteiger partial charge on any atom is 0.274 e. The number of aryl methyl sites for hydroxylation is 2. The second-order valence-electron chi connectivity index (χ2n) is 6.38. The predicted octanol–water partition coefficient (Wildman–Crippen LogP) is 3.56. The first-order chi connectivity index (χ1) is 10.2. The first kappa shape index (κ1) is 15.9. The number of rotatable bonds is 3. The number of anilines is 2. The van der Waals surface area contributed by atoms with Crippen molar-refractivity contribution in [2.75, 3.05) is 10.6 Å². The molecule has 0 fully saturated rings. The van der Waals surface area contributed by atoms with E-state index in [0.717, 1.165) is 11.3 Å². The molecule has 0 aliphatic heterocycles. The third kappa shape index (κ3) is 4.55. The van der Waals surface area contributed by atoms with Crippen molar-refractivity contribution < 1.29 is 4.79 Å². The van der Waals surface area contributed by atoms with Crippen LogP contribution in [0.25, 0.3) is 0 Å². The molecule has 1 amide bonds. The van der Waals surface area contributed by atoms with Crippen molar-refractivity contribution in [2.24, 2.45) is 0 Å². The molecule has 0 aliphatic rings. The lowest BCUT2D eigenvalue weighted by Crippen LogP contribution is -2.27. The zero-order valence-corrected chi connectivity index (χ0v) is 13.7. The Kier molecular flexibility index (Phi) is 4.45. The zero-order chi connectivity index (χ0) is 16.3. The number of nitrogens with zero attached hydrogens (tertiary/aromatic N) is 2. The minimum absolute atomic E-state index is 0.134. The minimum Gasteiger partial charge on any atom is -0.365 e. The molecule has 5 heteroatoms. The van der Waals surface area contributed by atoms with Gasteiger partial charge in [-0.05, 0) is 52.3 Å². The van der Waals surface area contributed by atoms with E-state index in [1.807, 2.05) is 52.0 Å². The number of hydrogen-bond donors (Lipinski definition) is 2. The van der Waals surface area contributed by atoms with Crippen LogP contribution in [0.15, 0.2) is 30.3 Å². The minimum atomic E-state index is -0.243. The van der Waals surface area contributed by atoms with Crippen molar-refractivity contribution >= 4 is 17.4 Å². The molecule has 5 nitrogen and oxygen atoms in total. The Balaban J connectivity index is 2.22. The first-order valence-corrected chi connectivity index (χ1v) is 7.25. The van der Waals surface area contributed by atoms with Gasteiger partial charge in [-0.15, -0.1) is 0 Å². The largest absolute Gasteiger partial charge is 0.365 e. The highest BCUT2D eigenvalue weighted by molar-refractivity contribution is 6.03. The van der Waals surface area contributed by atoms with Gasteiger partial charge in [-0.3, -0.25) is 4.79 Å². The van der Waals surface area contributed by atoms with Crippen LogP contribution in [0.3, 0.4) is 0 Å². The topological polar surface area (TPSA) is 66.9 Å². The van der Waals surface area contributed by atoms with E-state index in [9.17, 15) is 4.79 Å². The Morgan fingerprint density at radius 1 is 1.09 bits per heavy atom. The highest BCUT2D eigenvalue weighted by atomic mass is 16.1. The van der Waals surface area contributed by atoms with Gasteiger partial charge in [0.2, 0.25) is 0 Å². The van der Waals surface area contributed by atoms with E-state index >= 15 is 0 Å². The second kappa shape index (κ2) is 6.13. The Hall–Kier alpha value is -2.43. The summed E-state index contributed by atoms with van der Waals surface area (Å²) in [6, 6.07) is 9.33. The van der Waals surface area contributed by atoms with E-state index in [1.54, 1.807) is 13.0 Å². The fourth-order valence-corrected chi connectivity index (χ4v) is 2.05. The summed E-state index contributed by atoms with van der Waals surface area (Å²) >= 11 is 0. The normalized spacial score (nSPS) is 11.1. The van der Waals surface area contributed by atoms with Crippen molar-refractivity contribution in [3.05, 3.63) is 47.4 Å². The van der Waals surface area contributed by atoms with Crippen LogP contribution in [0.1, 0.15) is 42.6 Å². The van der Waals surface area contributed by atoms with E-state index < -0.39 is 0 Å². The third-order valence-electron chi connectivity index (χ3n) is 2.85. The fourth-order valence-electron chi connectivity index (χ4n) is 2.05. The van der Waals surface area contributed by atoms with Gasteiger partial charge in [0.05, 0.1) is 0 Å². The molecule has 116 valence electrons. The number of aromatic nitrogens is 2. The van der Waals surface area contributed by atoms with Gasteiger partial charge in [0.25, 0.3) is 5.91 Å². The molecule has 2 rings (SSSR count). The SMILES string of the molecule is Cc1cccc(NC(=O)c2cc(NC(C)(C)C)nc(C)n2)c1. The quantitative estimate of drug-likeness (QED) is 0.909. The number of carbonyl (C=O) groups excluding carboxylic acids is 1. The summed E-state index contributed by atoms with van der Waals surface area (Å²) in [5.41, 5.74) is 2.06. The van der Waals surface area contributed by atoms with Gasteiger partial charge in [-0.2, -0.15) is 0 Å². The van der Waals surface area contributed by atoms with Crippen LogP contribution in [-0.2, 0) is 0 Å². The first-order valence-electron chi connectivity index (χ1n) is 7.25. The van der Waals surface area contributed by atoms with E-state index in [2.05, 4.69) is 20.6 Å². The monoisotopic (exact) mass is 298 g/mol. The van der Waals surface area contributed by atoms with Gasteiger partial charge in [0, 0.05) is 17.3 Å². The Morgan fingerprint density at radius 2 is 1.82 bits per heavy atom. The van der Waals surface area contributed by atoms with Gasteiger partial charge in [-0.25, -0.2) is 9.97 Å². The lowest BCUT2D eigenvalue weighted by Gasteiger charge is -2.21. The molecular formula is C17H22N4O. The van der Waals surface area contributed by atoms with Gasteiger partial charge in [-0.1, -0.05) is 12.1 Å². The molecule has 2 aromatic rings. The molecule has 0 atom stereocenters. The van der Waals surface area contributed by atoms with Crippen LogP contribution in [-0.4, -0.2) is 21.4 Å². The standard InChI is InChI=1S/C17H22N4O/c1-11-7-6-8-13(9-11)20-16(22)14-10-15(19-12(2)18-14)21-17(3,4)5/h6-10H,1-5H3,(H,20,22)(H,18,19,21). The molecule has 0 saturated heterocycles. The summed E-state index contributed by atoms with van der Waals surface area (Å²) < 4.78 is 0. The van der Waals surface area contributed by atoms with Crippen LogP contribution in [0.2, 0.25) is 0 Å². The van der Waals surface area contributed by atoms with Gasteiger partial charge >= 0.3 is 0 Å². The van der Waals surface area contributed by atoms with Gasteiger partial charge < -0.3 is 10.6 Å². The van der Waals surface area contributed by atoms with Gasteiger partial charge in [0.15, 0.2) is 0 Å². The summed E-state index contributed by atoms with van der Waals surface area (Å²) in [6.45, 7) is 9.87. The fraction of sp³-hybridized carbons (Fsp3) is 0.353. The Labute approximate surface area is 131 Å². The van der Waals surface area contributed by atoms with E-state index in [-0.39, 0.29) is 11.4 Å². The highest BCUT2D eigenvalue weighted by Crippen LogP contribution is 2.15. The summed E-state index contributed by atoms with van der Waals surface area (Å²) in [6.07, 6.45) is 0. The number of amides is 1. The van der Waals surface area contributed by atoms with Crippen molar-refractivity contribution in [1.82, 2.24) is 9.97 Å². The molecular weight excluding hydrogens is 276 g/mol. The number of hydrogen-bond acceptors (Lipinski definition) is 4. The smallest absolute Gasteiger partial charge is 0.274 e. The maximum absolute atomic E-state index is 12.4. The van der Waals surface area contributed by atoms with Gasteiger partial charge in [0.1, 0.15) is 17.3 Å². The Morgan fingerprint density at radius 3 is 2.45 bits per heavy atom. The molecule has 2 N–H and O–H groups in total. The number of benzene rings is 1. The van der Waals surface area contributed by atoms with E-state index in [1.165, 1.54) is 0 Å². The molecule has 0 aliphatic carbocycles. The predicted molar refractivity (Wildman–Crippen MR) is 89.3 cm³/mol. The van der Waals surface area contributed by atoms with Crippen molar-refractivity contribution in [1.29, 1.82) is 0 Å². The molecule has 0 unspecified atom stereocenters. The van der Waals surface area contributed by atoms with Crippen LogP contribution in [0.4, 0.5) is 11.5 Å². The molecule has 0 spiro atoms. The summed E-state index contributed by atoms with van der Waals surface area (Å²) in [5.74, 6) is 0.964. The van der Waals surface area contributed by atoms with Crippen molar-refractivity contribution in [2.45, 2.75) is 40.2 Å². The third-order valence-corrected chi connectivity index (χ3v) is 2.85. The van der Waals surface area contributed by atoms with Crippen LogP contribution in [0, 0.1) is 13.8 Å². The van der Waals surface area contributed by atoms with Crippen molar-refractivity contribution in [3.8, 4) is 0 Å². The molecule has 1 aromatic carbocycles. The number of carbonyl (C=O) groups is 1. The van der Waals surface area contributed by atoms with Crippen LogP contribution < -0.4 is 10.6 Å². The maximum atomic E-state index is 12.4. The van der Waals surface area contributed by atoms with E-state index in [4.69, 9.17) is 0 Å². The summed E-state index contributed by atoms with van der Waals surface area (Å²) in [5, 5.41) is 6.12. The van der Waals surface area contributed by atoms with Crippen LogP contribution >= 0.6 is 0 Å². The molecule has 0 bridgehead atoms. The summed E-state index contributed by atoms with van der Waals surface area (Å²) in [7, 11) is 0. The lowest BCUT2D eigenvalue weighted by atomic mass is 10.1. The molecule has 0 saturated carbocycles. The molecule has 1 aromatic heterocycles. The molecule has 22 heavy (non-hydrogen) atoms.